The van der Waals surface area contributed by atoms with Crippen molar-refractivity contribution >= 4 is 27.2 Å². The van der Waals surface area contributed by atoms with Crippen molar-refractivity contribution < 1.29 is 0 Å². The highest BCUT2D eigenvalue weighted by Gasteiger charge is 2.13. The number of thiophene rings is 1. The predicted octanol–water partition coefficient (Wildman–Crippen LogP) is 3.18. The highest BCUT2D eigenvalue weighted by molar-refractivity contribution is 7.17. The van der Waals surface area contributed by atoms with E-state index in [1.54, 1.807) is 11.3 Å². The number of anilines is 1. The molecule has 3 N–H and O–H groups in total. The van der Waals surface area contributed by atoms with E-state index in [1.807, 2.05) is 19.1 Å². The third-order valence-electron chi connectivity index (χ3n) is 2.73. The molecule has 3 rings (SSSR count). The maximum absolute atomic E-state index is 5.89. The largest absolute Gasteiger partial charge is 0.382 e. The van der Waals surface area contributed by atoms with E-state index in [4.69, 9.17) is 5.73 Å². The van der Waals surface area contributed by atoms with Crippen molar-refractivity contribution in [2.45, 2.75) is 6.92 Å². The van der Waals surface area contributed by atoms with Crippen LogP contribution in [0.25, 0.3) is 21.2 Å². The van der Waals surface area contributed by atoms with Crippen molar-refractivity contribution in [3.05, 3.63) is 35.3 Å². The van der Waals surface area contributed by atoms with Crippen LogP contribution in [0, 0.1) is 6.92 Å². The minimum absolute atomic E-state index is 0.570. The average molecular weight is 229 g/mol. The fourth-order valence-electron chi connectivity index (χ4n) is 1.96. The van der Waals surface area contributed by atoms with Crippen LogP contribution in [0.1, 0.15) is 5.69 Å². The summed E-state index contributed by atoms with van der Waals surface area (Å²) in [6.07, 6.45) is 0. The van der Waals surface area contributed by atoms with Crippen LogP contribution in [0.4, 0.5) is 5.82 Å². The van der Waals surface area contributed by atoms with Crippen LogP contribution in [-0.2, 0) is 0 Å². The third-order valence-corrected chi connectivity index (χ3v) is 3.69. The number of H-pyrrole nitrogens is 1. The van der Waals surface area contributed by atoms with Crippen LogP contribution in [-0.4, -0.2) is 10.2 Å². The molecule has 0 atom stereocenters. The SMILES string of the molecule is Cc1[nH]nc(N)c1-c1csc2ccccc12. The van der Waals surface area contributed by atoms with Gasteiger partial charge in [-0.3, -0.25) is 5.10 Å². The van der Waals surface area contributed by atoms with Gasteiger partial charge in [-0.1, -0.05) is 18.2 Å². The molecule has 0 unspecified atom stereocenters. The fraction of sp³-hybridized carbons (Fsp3) is 0.0833. The van der Waals surface area contributed by atoms with E-state index in [1.165, 1.54) is 15.6 Å². The predicted molar refractivity (Wildman–Crippen MR) is 68.6 cm³/mol. The van der Waals surface area contributed by atoms with Gasteiger partial charge in [-0.25, -0.2) is 0 Å². The molecule has 80 valence electrons. The number of nitrogens with zero attached hydrogens (tertiary/aromatic N) is 1. The lowest BCUT2D eigenvalue weighted by atomic mass is 10.1. The van der Waals surface area contributed by atoms with Crippen molar-refractivity contribution in [3.8, 4) is 11.1 Å². The summed E-state index contributed by atoms with van der Waals surface area (Å²) in [7, 11) is 0. The smallest absolute Gasteiger partial charge is 0.153 e. The van der Waals surface area contributed by atoms with Gasteiger partial charge < -0.3 is 5.73 Å². The molecule has 2 aromatic heterocycles. The molecular formula is C12H11N3S. The molecule has 2 heterocycles. The Bertz CT molecular complexity index is 632. The van der Waals surface area contributed by atoms with Crippen molar-refractivity contribution in [3.63, 3.8) is 0 Å². The number of hydrogen-bond donors (Lipinski definition) is 2. The van der Waals surface area contributed by atoms with Gasteiger partial charge in [-0.2, -0.15) is 5.10 Å². The first-order valence-corrected chi connectivity index (χ1v) is 5.92. The van der Waals surface area contributed by atoms with Crippen LogP contribution >= 0.6 is 11.3 Å². The molecule has 4 heteroatoms. The van der Waals surface area contributed by atoms with Crippen LogP contribution in [0.2, 0.25) is 0 Å². The molecule has 3 aromatic rings. The number of aromatic amines is 1. The van der Waals surface area contributed by atoms with Crippen molar-refractivity contribution in [1.29, 1.82) is 0 Å². The van der Waals surface area contributed by atoms with Crippen LogP contribution in [0.15, 0.2) is 29.6 Å². The van der Waals surface area contributed by atoms with E-state index >= 15 is 0 Å². The molecule has 0 bridgehead atoms. The maximum atomic E-state index is 5.89. The minimum Gasteiger partial charge on any atom is -0.382 e. The van der Waals surface area contributed by atoms with E-state index in [9.17, 15) is 0 Å². The molecule has 0 fully saturated rings. The highest BCUT2D eigenvalue weighted by Crippen LogP contribution is 2.37. The summed E-state index contributed by atoms with van der Waals surface area (Å²) < 4.78 is 1.28. The van der Waals surface area contributed by atoms with Crippen LogP contribution in [0.3, 0.4) is 0 Å². The van der Waals surface area contributed by atoms with Gasteiger partial charge in [-0.15, -0.1) is 11.3 Å². The molecule has 16 heavy (non-hydrogen) atoms. The summed E-state index contributed by atoms with van der Waals surface area (Å²) in [5, 5.41) is 10.3. The minimum atomic E-state index is 0.570. The standard InChI is InChI=1S/C12H11N3S/c1-7-11(12(13)15-14-7)9-6-16-10-5-3-2-4-8(9)10/h2-6H,1H3,(H3,13,14,15). The summed E-state index contributed by atoms with van der Waals surface area (Å²) in [5.74, 6) is 0.570. The number of nitrogens with one attached hydrogen (secondary N) is 1. The number of aromatic nitrogens is 2. The van der Waals surface area contributed by atoms with Crippen molar-refractivity contribution in [2.24, 2.45) is 0 Å². The lowest BCUT2D eigenvalue weighted by Crippen LogP contribution is -1.87. The number of hydrogen-bond acceptors (Lipinski definition) is 3. The summed E-state index contributed by atoms with van der Waals surface area (Å²) >= 11 is 1.73. The Hall–Kier alpha value is -1.81. The van der Waals surface area contributed by atoms with E-state index in [-0.39, 0.29) is 0 Å². The van der Waals surface area contributed by atoms with Gasteiger partial charge in [-0.05, 0) is 13.0 Å². The summed E-state index contributed by atoms with van der Waals surface area (Å²) in [5.41, 5.74) is 9.10. The first kappa shape index (κ1) is 9.42. The molecule has 0 aliphatic carbocycles. The van der Waals surface area contributed by atoms with Crippen LogP contribution in [0.5, 0.6) is 0 Å². The van der Waals surface area contributed by atoms with E-state index in [2.05, 4.69) is 27.7 Å². The Morgan fingerprint density at radius 2 is 2.12 bits per heavy atom. The third kappa shape index (κ3) is 1.23. The van der Waals surface area contributed by atoms with Gasteiger partial charge >= 0.3 is 0 Å². The molecule has 0 spiro atoms. The molecule has 0 saturated carbocycles. The molecule has 0 aliphatic heterocycles. The number of rotatable bonds is 1. The zero-order valence-electron chi connectivity index (χ0n) is 8.82. The number of aryl methyl sites for hydroxylation is 1. The van der Waals surface area contributed by atoms with Gasteiger partial charge in [0.1, 0.15) is 0 Å². The Labute approximate surface area is 96.9 Å². The second kappa shape index (κ2) is 3.35. The Balaban J connectivity index is 2.35. The van der Waals surface area contributed by atoms with Crippen molar-refractivity contribution in [1.82, 2.24) is 10.2 Å². The number of nitrogens with two attached hydrogens (primary N) is 1. The normalized spacial score (nSPS) is 11.1. The lowest BCUT2D eigenvalue weighted by molar-refractivity contribution is 1.05. The quantitative estimate of drug-likeness (QED) is 0.673. The molecule has 0 saturated heterocycles. The topological polar surface area (TPSA) is 54.7 Å². The Morgan fingerprint density at radius 3 is 2.88 bits per heavy atom. The van der Waals surface area contributed by atoms with Gasteiger partial charge in [0.25, 0.3) is 0 Å². The molecule has 3 nitrogen and oxygen atoms in total. The summed E-state index contributed by atoms with van der Waals surface area (Å²) in [4.78, 5) is 0. The van der Waals surface area contributed by atoms with Gasteiger partial charge in [0.15, 0.2) is 5.82 Å². The molecular weight excluding hydrogens is 218 g/mol. The van der Waals surface area contributed by atoms with Crippen LogP contribution < -0.4 is 5.73 Å². The summed E-state index contributed by atoms with van der Waals surface area (Å²) in [6.45, 7) is 1.99. The first-order chi connectivity index (χ1) is 7.77. The Morgan fingerprint density at radius 1 is 1.31 bits per heavy atom. The number of nitrogen functional groups attached to an aromatic ring is 1. The first-order valence-electron chi connectivity index (χ1n) is 5.04. The molecule has 1 aromatic carbocycles. The van der Waals surface area contributed by atoms with Gasteiger partial charge in [0.2, 0.25) is 0 Å². The lowest BCUT2D eigenvalue weighted by Gasteiger charge is -1.98. The number of fused-ring (bicyclic) bond motifs is 1. The number of benzene rings is 1. The maximum Gasteiger partial charge on any atom is 0.153 e. The molecule has 0 aliphatic rings. The Kier molecular flexibility index (Phi) is 1.97. The van der Waals surface area contributed by atoms with Gasteiger partial charge in [0, 0.05) is 32.3 Å². The highest BCUT2D eigenvalue weighted by atomic mass is 32.1. The van der Waals surface area contributed by atoms with E-state index in [0.29, 0.717) is 5.82 Å². The second-order valence-electron chi connectivity index (χ2n) is 3.75. The average Bonchev–Trinajstić information content (AvgIpc) is 2.83. The zero-order valence-corrected chi connectivity index (χ0v) is 9.64. The monoisotopic (exact) mass is 229 g/mol. The van der Waals surface area contributed by atoms with E-state index in [0.717, 1.165) is 11.3 Å². The van der Waals surface area contributed by atoms with Gasteiger partial charge in [0.05, 0.1) is 0 Å². The summed E-state index contributed by atoms with van der Waals surface area (Å²) in [6, 6.07) is 8.33. The van der Waals surface area contributed by atoms with E-state index < -0.39 is 0 Å². The molecule has 0 radical (unpaired) electrons. The zero-order chi connectivity index (χ0) is 11.1. The molecule has 0 amide bonds. The van der Waals surface area contributed by atoms with Crippen molar-refractivity contribution in [2.75, 3.05) is 5.73 Å². The fourth-order valence-corrected chi connectivity index (χ4v) is 2.91. The second-order valence-corrected chi connectivity index (χ2v) is 4.67.